The molecule has 1 saturated heterocycles. The fraction of sp³-hybridized carbons (Fsp3) is 0.370. The van der Waals surface area contributed by atoms with Crippen LogP contribution in [0.2, 0.25) is 0 Å². The number of likely N-dealkylation sites (tertiary alicyclic amines) is 1. The molecule has 0 saturated carbocycles. The van der Waals surface area contributed by atoms with E-state index in [1.165, 1.54) is 37.1 Å². The number of imidazole rings is 1. The van der Waals surface area contributed by atoms with Crippen molar-refractivity contribution in [2.75, 3.05) is 18.8 Å². The van der Waals surface area contributed by atoms with Crippen LogP contribution in [0, 0.1) is 0 Å². The Morgan fingerprint density at radius 3 is 2.41 bits per heavy atom. The number of aryl methyl sites for hydroxylation is 1. The molecule has 2 aromatic heterocycles. The maximum Gasteiger partial charge on any atom is 0.335 e. The quantitative estimate of drug-likeness (QED) is 0.392. The van der Waals surface area contributed by atoms with Crippen molar-refractivity contribution in [2.45, 2.75) is 52.1 Å². The number of nitrogens with zero attached hydrogens (tertiary/aromatic N) is 4. The number of anilines is 1. The molecule has 5 rings (SSSR count). The Morgan fingerprint density at radius 2 is 1.74 bits per heavy atom. The standard InChI is InChI=1S/C27H31N5O2/c1-2-3-6-23-30-24-25(21-12-11-20(27(33)34)15-22(21)29-26(24)28)32(23)17-19-9-7-18(8-10-19)16-31-13-4-5-14-31/h7-12,15H,2-6,13-14,16-17H2,1H3,(H2,28,29)(H,33,34). The molecule has 0 radical (unpaired) electrons. The number of benzene rings is 2. The van der Waals surface area contributed by atoms with Gasteiger partial charge in [0.2, 0.25) is 0 Å². The molecular weight excluding hydrogens is 426 g/mol. The maximum atomic E-state index is 11.5. The lowest BCUT2D eigenvalue weighted by Gasteiger charge is -2.15. The third kappa shape index (κ3) is 4.35. The lowest BCUT2D eigenvalue weighted by molar-refractivity contribution is 0.0697. The highest BCUT2D eigenvalue weighted by Gasteiger charge is 2.19. The van der Waals surface area contributed by atoms with Crippen molar-refractivity contribution in [1.29, 1.82) is 0 Å². The topological polar surface area (TPSA) is 97.3 Å². The van der Waals surface area contributed by atoms with Crippen LogP contribution >= 0.6 is 0 Å². The second-order valence-corrected chi connectivity index (χ2v) is 9.25. The van der Waals surface area contributed by atoms with Crippen LogP contribution in [-0.4, -0.2) is 43.6 Å². The summed E-state index contributed by atoms with van der Waals surface area (Å²) in [5.41, 5.74) is 11.2. The summed E-state index contributed by atoms with van der Waals surface area (Å²) < 4.78 is 2.24. The van der Waals surface area contributed by atoms with Crippen molar-refractivity contribution in [3.8, 4) is 0 Å². The Balaban J connectivity index is 1.56. The van der Waals surface area contributed by atoms with Gasteiger partial charge in [0.1, 0.15) is 11.3 Å². The van der Waals surface area contributed by atoms with E-state index in [9.17, 15) is 9.90 Å². The van der Waals surface area contributed by atoms with E-state index in [0.29, 0.717) is 23.4 Å². The molecule has 4 aromatic rings. The summed E-state index contributed by atoms with van der Waals surface area (Å²) in [4.78, 5) is 23.4. The zero-order chi connectivity index (χ0) is 23.7. The second-order valence-electron chi connectivity index (χ2n) is 9.25. The number of nitrogen functional groups attached to an aromatic ring is 1. The molecule has 34 heavy (non-hydrogen) atoms. The van der Waals surface area contributed by atoms with Gasteiger partial charge in [-0.2, -0.15) is 0 Å². The maximum absolute atomic E-state index is 11.5. The summed E-state index contributed by atoms with van der Waals surface area (Å²) in [5.74, 6) is 0.345. The monoisotopic (exact) mass is 457 g/mol. The van der Waals surface area contributed by atoms with Crippen molar-refractivity contribution >= 4 is 33.7 Å². The molecule has 1 aliphatic rings. The van der Waals surface area contributed by atoms with E-state index in [1.807, 2.05) is 6.07 Å². The van der Waals surface area contributed by atoms with E-state index < -0.39 is 5.97 Å². The molecular formula is C27H31N5O2. The summed E-state index contributed by atoms with van der Waals surface area (Å²) >= 11 is 0. The van der Waals surface area contributed by atoms with Crippen molar-refractivity contribution in [2.24, 2.45) is 0 Å². The van der Waals surface area contributed by atoms with Gasteiger partial charge in [-0.05, 0) is 61.7 Å². The van der Waals surface area contributed by atoms with E-state index in [4.69, 9.17) is 10.7 Å². The van der Waals surface area contributed by atoms with E-state index in [1.54, 1.807) is 12.1 Å². The summed E-state index contributed by atoms with van der Waals surface area (Å²) in [6.45, 7) is 6.24. The van der Waals surface area contributed by atoms with Crippen LogP contribution in [0.15, 0.2) is 42.5 Å². The molecule has 7 nitrogen and oxygen atoms in total. The molecule has 7 heteroatoms. The van der Waals surface area contributed by atoms with Gasteiger partial charge in [-0.1, -0.05) is 37.6 Å². The van der Waals surface area contributed by atoms with Gasteiger partial charge < -0.3 is 15.4 Å². The molecule has 0 aliphatic carbocycles. The summed E-state index contributed by atoms with van der Waals surface area (Å²) in [6, 6.07) is 13.9. The number of hydrogen-bond donors (Lipinski definition) is 2. The number of carbonyl (C=O) groups is 1. The number of unbranched alkanes of at least 4 members (excludes halogenated alkanes) is 1. The Morgan fingerprint density at radius 1 is 1.03 bits per heavy atom. The van der Waals surface area contributed by atoms with Crippen LogP contribution in [0.3, 0.4) is 0 Å². The highest BCUT2D eigenvalue weighted by molar-refractivity contribution is 6.08. The van der Waals surface area contributed by atoms with E-state index in [2.05, 4.69) is 45.6 Å². The second kappa shape index (κ2) is 9.43. The fourth-order valence-electron chi connectivity index (χ4n) is 4.92. The number of pyridine rings is 1. The van der Waals surface area contributed by atoms with Gasteiger partial charge in [0.25, 0.3) is 0 Å². The van der Waals surface area contributed by atoms with Gasteiger partial charge in [0.15, 0.2) is 5.82 Å². The number of nitrogens with two attached hydrogens (primary N) is 1. The number of carboxylic acid groups (broad SMARTS) is 1. The van der Waals surface area contributed by atoms with Crippen LogP contribution in [-0.2, 0) is 19.5 Å². The number of carboxylic acids is 1. The zero-order valence-electron chi connectivity index (χ0n) is 19.6. The lowest BCUT2D eigenvalue weighted by atomic mass is 10.1. The summed E-state index contributed by atoms with van der Waals surface area (Å²) in [6.07, 6.45) is 5.56. The van der Waals surface area contributed by atoms with Gasteiger partial charge in [-0.15, -0.1) is 0 Å². The van der Waals surface area contributed by atoms with Crippen molar-refractivity contribution < 1.29 is 9.90 Å². The minimum Gasteiger partial charge on any atom is -0.478 e. The van der Waals surface area contributed by atoms with Crippen LogP contribution in [0.5, 0.6) is 0 Å². The van der Waals surface area contributed by atoms with Gasteiger partial charge in [-0.25, -0.2) is 14.8 Å². The van der Waals surface area contributed by atoms with Gasteiger partial charge in [-0.3, -0.25) is 4.90 Å². The normalized spacial score (nSPS) is 14.4. The van der Waals surface area contributed by atoms with E-state index in [0.717, 1.165) is 42.5 Å². The van der Waals surface area contributed by atoms with Crippen molar-refractivity contribution in [3.05, 3.63) is 65.0 Å². The average molecular weight is 458 g/mol. The lowest BCUT2D eigenvalue weighted by Crippen LogP contribution is -2.18. The molecule has 176 valence electrons. The third-order valence-electron chi connectivity index (χ3n) is 6.75. The highest BCUT2D eigenvalue weighted by atomic mass is 16.4. The first-order valence-corrected chi connectivity index (χ1v) is 12.2. The molecule has 1 aliphatic heterocycles. The first-order valence-electron chi connectivity index (χ1n) is 12.2. The van der Waals surface area contributed by atoms with Crippen LogP contribution in [0.4, 0.5) is 5.82 Å². The zero-order valence-corrected chi connectivity index (χ0v) is 19.6. The SMILES string of the molecule is CCCCc1nc2c(N)nc3cc(C(=O)O)ccc3c2n1Cc1ccc(CN2CCCC2)cc1. The average Bonchev–Trinajstić information content (AvgIpc) is 3.47. The Kier molecular flexibility index (Phi) is 6.20. The van der Waals surface area contributed by atoms with Crippen LogP contribution < -0.4 is 5.73 Å². The Hall–Kier alpha value is -3.45. The van der Waals surface area contributed by atoms with Crippen molar-refractivity contribution in [1.82, 2.24) is 19.4 Å². The molecule has 3 N–H and O–H groups in total. The Labute approximate surface area is 199 Å². The van der Waals surface area contributed by atoms with Crippen molar-refractivity contribution in [3.63, 3.8) is 0 Å². The van der Waals surface area contributed by atoms with Gasteiger partial charge in [0, 0.05) is 24.9 Å². The predicted molar refractivity (Wildman–Crippen MR) is 135 cm³/mol. The summed E-state index contributed by atoms with van der Waals surface area (Å²) in [5, 5.41) is 10.3. The Bertz CT molecular complexity index is 1340. The van der Waals surface area contributed by atoms with Crippen LogP contribution in [0.25, 0.3) is 21.9 Å². The largest absolute Gasteiger partial charge is 0.478 e. The highest BCUT2D eigenvalue weighted by Crippen LogP contribution is 2.31. The number of aromatic nitrogens is 3. The number of hydrogen-bond acceptors (Lipinski definition) is 5. The molecule has 0 atom stereocenters. The number of fused-ring (bicyclic) bond motifs is 3. The van der Waals surface area contributed by atoms with E-state index in [-0.39, 0.29) is 5.56 Å². The minimum atomic E-state index is -0.978. The molecule has 0 spiro atoms. The smallest absolute Gasteiger partial charge is 0.335 e. The first kappa shape index (κ1) is 22.3. The van der Waals surface area contributed by atoms with Gasteiger partial charge in [0.05, 0.1) is 16.6 Å². The fourth-order valence-corrected chi connectivity index (χ4v) is 4.92. The number of aromatic carboxylic acids is 1. The predicted octanol–water partition coefficient (Wildman–Crippen LogP) is 4.85. The molecule has 2 aromatic carbocycles. The molecule has 1 fully saturated rings. The minimum absolute atomic E-state index is 0.199. The first-order chi connectivity index (χ1) is 16.5. The molecule has 0 amide bonds. The van der Waals surface area contributed by atoms with E-state index >= 15 is 0 Å². The molecule has 3 heterocycles. The third-order valence-corrected chi connectivity index (χ3v) is 6.75. The van der Waals surface area contributed by atoms with Gasteiger partial charge >= 0.3 is 5.97 Å². The van der Waals surface area contributed by atoms with Crippen LogP contribution in [0.1, 0.15) is 59.9 Å². The molecule has 0 unspecified atom stereocenters. The molecule has 0 bridgehead atoms. The number of rotatable bonds is 8. The summed E-state index contributed by atoms with van der Waals surface area (Å²) in [7, 11) is 0.